The van der Waals surface area contributed by atoms with Crippen LogP contribution in [0.1, 0.15) is 29.2 Å². The van der Waals surface area contributed by atoms with Gasteiger partial charge in [0.15, 0.2) is 0 Å². The summed E-state index contributed by atoms with van der Waals surface area (Å²) >= 11 is 0. The van der Waals surface area contributed by atoms with Gasteiger partial charge in [0.1, 0.15) is 0 Å². The summed E-state index contributed by atoms with van der Waals surface area (Å²) in [7, 11) is 2.01. The third-order valence-corrected chi connectivity index (χ3v) is 4.62. The Balaban J connectivity index is 1.70. The summed E-state index contributed by atoms with van der Waals surface area (Å²) in [6.45, 7) is 2.13. The van der Waals surface area contributed by atoms with Crippen molar-refractivity contribution >= 4 is 5.69 Å². The number of benzene rings is 2. The molecule has 0 saturated heterocycles. The monoisotopic (exact) mass is 303 g/mol. The van der Waals surface area contributed by atoms with Crippen molar-refractivity contribution in [2.45, 2.75) is 25.8 Å². The summed E-state index contributed by atoms with van der Waals surface area (Å²) in [5.74, 6) is 0. The highest BCUT2D eigenvalue weighted by atomic mass is 15.0. The number of nitrogens with zero attached hydrogens (tertiary/aromatic N) is 2. The number of hydrogen-bond donors (Lipinski definition) is 1. The first-order valence-corrected chi connectivity index (χ1v) is 8.14. The third kappa shape index (κ3) is 2.63. The summed E-state index contributed by atoms with van der Waals surface area (Å²) in [5.41, 5.74) is 7.51. The van der Waals surface area contributed by atoms with Crippen molar-refractivity contribution in [3.05, 3.63) is 71.7 Å². The molecule has 1 aliphatic rings. The molecule has 0 fully saturated rings. The maximum Gasteiger partial charge on any atom is 0.0951 e. The molecule has 1 unspecified atom stereocenters. The van der Waals surface area contributed by atoms with Gasteiger partial charge in [-0.1, -0.05) is 35.9 Å². The van der Waals surface area contributed by atoms with Crippen molar-refractivity contribution in [3.63, 3.8) is 0 Å². The molecular weight excluding hydrogens is 282 g/mol. The third-order valence-electron chi connectivity index (χ3n) is 4.62. The largest absolute Gasteiger partial charge is 0.378 e. The van der Waals surface area contributed by atoms with E-state index in [1.54, 1.807) is 0 Å². The molecule has 4 rings (SSSR count). The van der Waals surface area contributed by atoms with Crippen LogP contribution < -0.4 is 5.32 Å². The molecule has 2 aromatic carbocycles. The van der Waals surface area contributed by atoms with Crippen LogP contribution in [-0.4, -0.2) is 9.55 Å². The predicted molar refractivity (Wildman–Crippen MR) is 94.5 cm³/mol. The quantitative estimate of drug-likeness (QED) is 0.772. The van der Waals surface area contributed by atoms with Gasteiger partial charge < -0.3 is 9.88 Å². The molecule has 0 radical (unpaired) electrons. The number of rotatable bonds is 3. The van der Waals surface area contributed by atoms with E-state index < -0.39 is 0 Å². The van der Waals surface area contributed by atoms with E-state index >= 15 is 0 Å². The van der Waals surface area contributed by atoms with E-state index in [2.05, 4.69) is 65.9 Å². The van der Waals surface area contributed by atoms with Crippen LogP contribution in [0.15, 0.2) is 55.0 Å². The second-order valence-corrected chi connectivity index (χ2v) is 6.41. The van der Waals surface area contributed by atoms with Gasteiger partial charge in [-0.05, 0) is 43.0 Å². The first kappa shape index (κ1) is 14.1. The van der Waals surface area contributed by atoms with Gasteiger partial charge >= 0.3 is 0 Å². The van der Waals surface area contributed by atoms with Crippen LogP contribution >= 0.6 is 0 Å². The SMILES string of the molecule is Cc1ccc(NC2CCc3ccccc32)c(-c2cn(C)cn2)c1. The lowest BCUT2D eigenvalue weighted by atomic mass is 10.0. The number of aromatic nitrogens is 2. The van der Waals surface area contributed by atoms with Gasteiger partial charge in [-0.15, -0.1) is 0 Å². The molecule has 116 valence electrons. The summed E-state index contributed by atoms with van der Waals surface area (Å²) in [6.07, 6.45) is 6.22. The Morgan fingerprint density at radius 2 is 2.04 bits per heavy atom. The zero-order valence-corrected chi connectivity index (χ0v) is 13.6. The molecule has 3 aromatic rings. The molecule has 1 N–H and O–H groups in total. The van der Waals surface area contributed by atoms with Crippen LogP contribution in [0.25, 0.3) is 11.3 Å². The van der Waals surface area contributed by atoms with Gasteiger partial charge in [-0.2, -0.15) is 0 Å². The van der Waals surface area contributed by atoms with Crippen molar-refractivity contribution in [1.29, 1.82) is 0 Å². The number of aryl methyl sites for hydroxylation is 3. The van der Waals surface area contributed by atoms with E-state index in [4.69, 9.17) is 0 Å². The summed E-state index contributed by atoms with van der Waals surface area (Å²) in [6, 6.07) is 15.7. The molecular formula is C20H21N3. The van der Waals surface area contributed by atoms with E-state index in [-0.39, 0.29) is 0 Å². The molecule has 0 aliphatic heterocycles. The molecule has 3 heteroatoms. The van der Waals surface area contributed by atoms with E-state index in [1.807, 2.05) is 17.9 Å². The van der Waals surface area contributed by atoms with E-state index in [9.17, 15) is 0 Å². The number of nitrogens with one attached hydrogen (secondary N) is 1. The van der Waals surface area contributed by atoms with Crippen LogP contribution in [0.4, 0.5) is 5.69 Å². The molecule has 3 nitrogen and oxygen atoms in total. The lowest BCUT2D eigenvalue weighted by Gasteiger charge is -2.18. The maximum absolute atomic E-state index is 4.53. The highest BCUT2D eigenvalue weighted by Gasteiger charge is 2.22. The minimum atomic E-state index is 0.386. The van der Waals surface area contributed by atoms with Crippen LogP contribution in [0.5, 0.6) is 0 Å². The molecule has 1 atom stereocenters. The minimum Gasteiger partial charge on any atom is -0.378 e. The summed E-state index contributed by atoms with van der Waals surface area (Å²) in [4.78, 5) is 4.53. The van der Waals surface area contributed by atoms with Gasteiger partial charge in [0.2, 0.25) is 0 Å². The first-order chi connectivity index (χ1) is 11.2. The molecule has 0 saturated carbocycles. The summed E-state index contributed by atoms with van der Waals surface area (Å²) < 4.78 is 1.99. The molecule has 0 bridgehead atoms. The Kier molecular flexibility index (Phi) is 3.41. The van der Waals surface area contributed by atoms with Gasteiger partial charge in [0, 0.05) is 24.5 Å². The molecule has 1 aliphatic carbocycles. The topological polar surface area (TPSA) is 29.9 Å². The average Bonchev–Trinajstić information content (AvgIpc) is 3.16. The zero-order chi connectivity index (χ0) is 15.8. The molecule has 0 spiro atoms. The van der Waals surface area contributed by atoms with Crippen molar-refractivity contribution in [1.82, 2.24) is 9.55 Å². The lowest BCUT2D eigenvalue weighted by Crippen LogP contribution is -2.08. The second kappa shape index (κ2) is 5.58. The number of fused-ring (bicyclic) bond motifs is 1. The minimum absolute atomic E-state index is 0.386. The average molecular weight is 303 g/mol. The van der Waals surface area contributed by atoms with Crippen molar-refractivity contribution < 1.29 is 0 Å². The van der Waals surface area contributed by atoms with Gasteiger partial charge in [0.25, 0.3) is 0 Å². The Morgan fingerprint density at radius 3 is 2.87 bits per heavy atom. The first-order valence-electron chi connectivity index (χ1n) is 8.14. The smallest absolute Gasteiger partial charge is 0.0951 e. The zero-order valence-electron chi connectivity index (χ0n) is 13.6. The van der Waals surface area contributed by atoms with Crippen LogP contribution in [-0.2, 0) is 13.5 Å². The fourth-order valence-corrected chi connectivity index (χ4v) is 3.44. The maximum atomic E-state index is 4.53. The van der Waals surface area contributed by atoms with Gasteiger partial charge in [-0.25, -0.2) is 4.98 Å². The fraction of sp³-hybridized carbons (Fsp3) is 0.250. The summed E-state index contributed by atoms with van der Waals surface area (Å²) in [5, 5.41) is 3.75. The Morgan fingerprint density at radius 1 is 1.17 bits per heavy atom. The highest BCUT2D eigenvalue weighted by Crippen LogP contribution is 2.36. The van der Waals surface area contributed by atoms with E-state index in [1.165, 1.54) is 22.3 Å². The lowest BCUT2D eigenvalue weighted by molar-refractivity contribution is 0.762. The predicted octanol–water partition coefficient (Wildman–Crippen LogP) is 4.49. The van der Waals surface area contributed by atoms with Crippen molar-refractivity contribution in [3.8, 4) is 11.3 Å². The molecule has 23 heavy (non-hydrogen) atoms. The molecule has 0 amide bonds. The van der Waals surface area contributed by atoms with Crippen molar-refractivity contribution in [2.75, 3.05) is 5.32 Å². The highest BCUT2D eigenvalue weighted by molar-refractivity contribution is 5.76. The number of hydrogen-bond acceptors (Lipinski definition) is 2. The van der Waals surface area contributed by atoms with Crippen LogP contribution in [0, 0.1) is 6.92 Å². The standard InChI is InChI=1S/C20H21N3/c1-14-7-9-19(17(11-14)20-12-23(2)13-21-20)22-18-10-8-15-5-3-4-6-16(15)18/h3-7,9,11-13,18,22H,8,10H2,1-2H3. The fourth-order valence-electron chi connectivity index (χ4n) is 3.44. The normalized spacial score (nSPS) is 16.3. The van der Waals surface area contributed by atoms with Crippen LogP contribution in [0.3, 0.4) is 0 Å². The van der Waals surface area contributed by atoms with Gasteiger partial charge in [0.05, 0.1) is 18.1 Å². The Hall–Kier alpha value is -2.55. The second-order valence-electron chi connectivity index (χ2n) is 6.41. The van der Waals surface area contributed by atoms with Crippen molar-refractivity contribution in [2.24, 2.45) is 7.05 Å². The number of anilines is 1. The Labute approximate surface area is 137 Å². The number of imidazole rings is 1. The van der Waals surface area contributed by atoms with Gasteiger partial charge in [-0.3, -0.25) is 0 Å². The van der Waals surface area contributed by atoms with E-state index in [0.29, 0.717) is 6.04 Å². The molecule has 1 aromatic heterocycles. The Bertz CT molecular complexity index is 848. The van der Waals surface area contributed by atoms with E-state index in [0.717, 1.165) is 24.2 Å². The molecule has 1 heterocycles. The van der Waals surface area contributed by atoms with Crippen LogP contribution in [0.2, 0.25) is 0 Å².